The minimum absolute atomic E-state index is 0.943. The minimum atomic E-state index is 0.943. The molecular weight excluding hydrogens is 581 g/mol. The molecule has 0 radical (unpaired) electrons. The molecule has 0 saturated carbocycles. The van der Waals surface area contributed by atoms with Gasteiger partial charge in [-0.3, -0.25) is 0 Å². The SMILES string of the molecule is C1=Cc2ccc(-c3ccc(N/C=C/C=C\C=C/c4ccc(-n5c6c(c7c8ccccc8ccc75)C=CC6)c5ccccc45)cc3)cc2C=1. The number of aromatic nitrogens is 1. The molecule has 7 aromatic rings. The average molecular weight is 613 g/mol. The summed E-state index contributed by atoms with van der Waals surface area (Å²) >= 11 is 0. The second kappa shape index (κ2) is 11.8. The van der Waals surface area contributed by atoms with Gasteiger partial charge in [0.25, 0.3) is 0 Å². The lowest BCUT2D eigenvalue weighted by Gasteiger charge is -2.15. The number of hydrogen-bond acceptors (Lipinski definition) is 1. The lowest BCUT2D eigenvalue weighted by atomic mass is 10.0. The summed E-state index contributed by atoms with van der Waals surface area (Å²) in [5.41, 5.74) is 15.5. The Morgan fingerprint density at radius 3 is 2.35 bits per heavy atom. The third kappa shape index (κ3) is 4.84. The lowest BCUT2D eigenvalue weighted by molar-refractivity contribution is 1.02. The van der Waals surface area contributed by atoms with E-state index in [9.17, 15) is 0 Å². The van der Waals surface area contributed by atoms with Crippen LogP contribution in [0, 0.1) is 0 Å². The Morgan fingerprint density at radius 1 is 0.646 bits per heavy atom. The average Bonchev–Trinajstić information content (AvgIpc) is 3.88. The highest BCUT2D eigenvalue weighted by molar-refractivity contribution is 6.13. The number of nitrogens with zero attached hydrogens (tertiary/aromatic N) is 1. The van der Waals surface area contributed by atoms with E-state index < -0.39 is 0 Å². The number of hydrogen-bond donors (Lipinski definition) is 1. The molecule has 0 spiro atoms. The van der Waals surface area contributed by atoms with Crippen molar-refractivity contribution < 1.29 is 0 Å². The van der Waals surface area contributed by atoms with Crippen LogP contribution in [-0.2, 0) is 6.42 Å². The first-order valence-corrected chi connectivity index (χ1v) is 16.5. The maximum atomic E-state index is 3.37. The number of nitrogens with one attached hydrogen (secondary N) is 1. The van der Waals surface area contributed by atoms with Crippen molar-refractivity contribution in [3.05, 3.63) is 186 Å². The molecule has 2 heteroatoms. The van der Waals surface area contributed by atoms with Gasteiger partial charge in [-0.2, -0.15) is 0 Å². The Balaban J connectivity index is 0.932. The van der Waals surface area contributed by atoms with Gasteiger partial charge in [0.1, 0.15) is 0 Å². The minimum Gasteiger partial charge on any atom is -0.362 e. The van der Waals surface area contributed by atoms with Crippen molar-refractivity contribution in [1.29, 1.82) is 0 Å². The Morgan fingerprint density at radius 2 is 1.44 bits per heavy atom. The number of benzene rings is 6. The summed E-state index contributed by atoms with van der Waals surface area (Å²) in [7, 11) is 0. The summed E-state index contributed by atoms with van der Waals surface area (Å²) in [6.45, 7) is 0. The highest BCUT2D eigenvalue weighted by Gasteiger charge is 2.22. The highest BCUT2D eigenvalue weighted by atomic mass is 15.0. The molecule has 2 aliphatic rings. The van der Waals surface area contributed by atoms with Crippen LogP contribution in [0.15, 0.2) is 158 Å². The summed E-state index contributed by atoms with van der Waals surface area (Å²) < 4.78 is 2.49. The maximum Gasteiger partial charge on any atom is 0.0544 e. The van der Waals surface area contributed by atoms with Crippen molar-refractivity contribution in [2.45, 2.75) is 6.42 Å². The molecular formula is C46H32N2. The van der Waals surface area contributed by atoms with Crippen molar-refractivity contribution in [3.63, 3.8) is 0 Å². The Labute approximate surface area is 280 Å². The number of allylic oxidation sites excluding steroid dienone is 5. The van der Waals surface area contributed by atoms with Crippen LogP contribution in [0.25, 0.3) is 73.6 Å². The lowest BCUT2D eigenvalue weighted by Crippen LogP contribution is -2.00. The molecule has 1 aromatic heterocycles. The van der Waals surface area contributed by atoms with Gasteiger partial charge in [-0.15, -0.1) is 5.73 Å². The monoisotopic (exact) mass is 612 g/mol. The van der Waals surface area contributed by atoms with Gasteiger partial charge < -0.3 is 9.88 Å². The molecule has 1 N–H and O–H groups in total. The summed E-state index contributed by atoms with van der Waals surface area (Å²) in [6.07, 6.45) is 22.0. The van der Waals surface area contributed by atoms with Gasteiger partial charge >= 0.3 is 0 Å². The molecule has 6 aromatic carbocycles. The van der Waals surface area contributed by atoms with E-state index >= 15 is 0 Å². The molecule has 48 heavy (non-hydrogen) atoms. The van der Waals surface area contributed by atoms with Crippen LogP contribution < -0.4 is 5.32 Å². The third-order valence-electron chi connectivity index (χ3n) is 9.51. The molecule has 0 saturated heterocycles. The predicted octanol–water partition coefficient (Wildman–Crippen LogP) is 12.0. The molecule has 9 rings (SSSR count). The summed E-state index contributed by atoms with van der Waals surface area (Å²) in [6, 6.07) is 41.7. The van der Waals surface area contributed by atoms with Gasteiger partial charge in [0.15, 0.2) is 0 Å². The van der Waals surface area contributed by atoms with E-state index in [-0.39, 0.29) is 0 Å². The Bertz CT molecular complexity index is 2580. The molecule has 226 valence electrons. The molecule has 0 bridgehead atoms. The zero-order valence-electron chi connectivity index (χ0n) is 26.4. The quantitative estimate of drug-likeness (QED) is 0.140. The van der Waals surface area contributed by atoms with Crippen LogP contribution >= 0.6 is 0 Å². The van der Waals surface area contributed by atoms with Crippen molar-refractivity contribution in [2.24, 2.45) is 0 Å². The van der Waals surface area contributed by atoms with Gasteiger partial charge in [-0.25, -0.2) is 0 Å². The standard InChI is InChI=1S/C46H32N2/c1(2-8-30-47-38-26-22-33(23-27-38)37-21-20-32-13-9-14-36(32)31-37)3-11-34-24-28-44(41-17-7-6-15-39(34)41)48-43-19-10-18-42(43)46-40-16-5-4-12-35(40)25-29-45(46)48/h1-8,10-18,20-31,47H,19H2/b2-1-,11-3-,30-8+. The number of anilines is 1. The van der Waals surface area contributed by atoms with E-state index in [1.807, 2.05) is 30.5 Å². The summed E-state index contributed by atoms with van der Waals surface area (Å²) in [5.74, 6) is 0. The largest absolute Gasteiger partial charge is 0.362 e. The number of fused-ring (bicyclic) bond motifs is 7. The van der Waals surface area contributed by atoms with Crippen LogP contribution in [-0.4, -0.2) is 4.57 Å². The second-order valence-electron chi connectivity index (χ2n) is 12.3. The van der Waals surface area contributed by atoms with E-state index in [2.05, 4.69) is 161 Å². The second-order valence-corrected chi connectivity index (χ2v) is 12.3. The van der Waals surface area contributed by atoms with E-state index in [0.29, 0.717) is 0 Å². The third-order valence-corrected chi connectivity index (χ3v) is 9.51. The van der Waals surface area contributed by atoms with Gasteiger partial charge in [-0.05, 0) is 92.5 Å². The van der Waals surface area contributed by atoms with Gasteiger partial charge in [0.05, 0.1) is 11.2 Å². The van der Waals surface area contributed by atoms with Crippen molar-refractivity contribution in [3.8, 4) is 16.8 Å². The van der Waals surface area contributed by atoms with Crippen LogP contribution in [0.4, 0.5) is 5.69 Å². The van der Waals surface area contributed by atoms with Crippen molar-refractivity contribution >= 4 is 62.4 Å². The molecule has 0 amide bonds. The fraction of sp³-hybridized carbons (Fsp3) is 0.0217. The first-order valence-electron chi connectivity index (χ1n) is 16.5. The molecule has 0 aliphatic heterocycles. The Hall–Kier alpha value is -6.34. The van der Waals surface area contributed by atoms with Crippen LogP contribution in [0.2, 0.25) is 0 Å². The zero-order valence-corrected chi connectivity index (χ0v) is 26.4. The van der Waals surface area contributed by atoms with Crippen LogP contribution in [0.1, 0.15) is 27.9 Å². The maximum absolute atomic E-state index is 3.37. The molecule has 0 fully saturated rings. The zero-order chi connectivity index (χ0) is 31.9. The van der Waals surface area contributed by atoms with Crippen molar-refractivity contribution in [2.75, 3.05) is 5.32 Å². The predicted molar refractivity (Wildman–Crippen MR) is 206 cm³/mol. The fourth-order valence-electron chi connectivity index (χ4n) is 7.21. The van der Waals surface area contributed by atoms with Gasteiger partial charge in [-0.1, -0.05) is 121 Å². The van der Waals surface area contributed by atoms with E-state index in [1.165, 1.54) is 77.2 Å². The topological polar surface area (TPSA) is 17.0 Å². The first-order chi connectivity index (χ1) is 23.8. The molecule has 1 heterocycles. The van der Waals surface area contributed by atoms with Gasteiger partial charge in [0.2, 0.25) is 0 Å². The van der Waals surface area contributed by atoms with Crippen LogP contribution in [0.5, 0.6) is 0 Å². The van der Waals surface area contributed by atoms with E-state index in [4.69, 9.17) is 0 Å². The van der Waals surface area contributed by atoms with Gasteiger partial charge in [0, 0.05) is 40.3 Å². The highest BCUT2D eigenvalue weighted by Crippen LogP contribution is 2.40. The smallest absolute Gasteiger partial charge is 0.0544 e. The fourth-order valence-corrected chi connectivity index (χ4v) is 7.21. The molecule has 2 nitrogen and oxygen atoms in total. The summed E-state index contributed by atoms with van der Waals surface area (Å²) in [5, 5.41) is 9.82. The Kier molecular flexibility index (Phi) is 6.86. The number of rotatable bonds is 7. The summed E-state index contributed by atoms with van der Waals surface area (Å²) in [4.78, 5) is 0. The van der Waals surface area contributed by atoms with E-state index in [0.717, 1.165) is 12.1 Å². The van der Waals surface area contributed by atoms with Crippen LogP contribution in [0.3, 0.4) is 0 Å². The first kappa shape index (κ1) is 27.9. The van der Waals surface area contributed by atoms with E-state index in [1.54, 1.807) is 0 Å². The normalized spacial score (nSPS) is 13.3. The molecule has 0 atom stereocenters. The molecule has 2 aliphatic carbocycles. The molecule has 0 unspecified atom stereocenters. The van der Waals surface area contributed by atoms with Crippen molar-refractivity contribution in [1.82, 2.24) is 4.57 Å².